The molecule has 0 radical (unpaired) electrons. The summed E-state index contributed by atoms with van der Waals surface area (Å²) in [4.78, 5) is 10.3. The lowest BCUT2D eigenvalue weighted by Crippen LogP contribution is -2.29. The molecule has 2 aromatic carbocycles. The van der Waals surface area contributed by atoms with Crippen LogP contribution < -0.4 is 10.8 Å². The first-order valence-electron chi connectivity index (χ1n) is 7.49. The molecule has 0 atom stereocenters. The van der Waals surface area contributed by atoms with Crippen LogP contribution in [0.25, 0.3) is 20.8 Å². The Morgan fingerprint density at radius 2 is 1.71 bits per heavy atom. The van der Waals surface area contributed by atoms with Crippen molar-refractivity contribution in [3.63, 3.8) is 0 Å². The van der Waals surface area contributed by atoms with Gasteiger partial charge in [-0.05, 0) is 47.9 Å². The number of benzene rings is 3. The molecule has 1 heterocycles. The van der Waals surface area contributed by atoms with Crippen molar-refractivity contribution in [2.45, 2.75) is 0 Å². The highest BCUT2D eigenvalue weighted by molar-refractivity contribution is 7.21. The lowest BCUT2D eigenvalue weighted by Gasteiger charge is -2.05. The van der Waals surface area contributed by atoms with Crippen LogP contribution >= 0.6 is 11.3 Å². The third-order valence-corrected chi connectivity index (χ3v) is 4.83. The van der Waals surface area contributed by atoms with Gasteiger partial charge in [-0.3, -0.25) is 0 Å². The molecule has 0 spiro atoms. The Bertz CT molecular complexity index is 1040. The van der Waals surface area contributed by atoms with E-state index in [-0.39, 0.29) is 0 Å². The number of hydrogen-bond acceptors (Lipinski definition) is 5. The number of fused-ring (bicyclic) bond motifs is 2. The number of rotatable bonds is 2. The molecule has 0 aromatic heterocycles. The summed E-state index contributed by atoms with van der Waals surface area (Å²) in [6.07, 6.45) is 0. The minimum atomic E-state index is -1.46. The molecule has 0 saturated heterocycles. The zero-order valence-corrected chi connectivity index (χ0v) is 13.4. The standard InChI is InChI=1S/C18H13BN2O2S/c22-19(23)12-5-7-13(8-6-12)20-14-9-10-16-18(11-14)24-17-4-2-1-3-15(17)21-16/h1-11,22-23H. The number of hydrogen-bond donors (Lipinski definition) is 2. The quantitative estimate of drug-likeness (QED) is 0.437. The average molecular weight is 332 g/mol. The fourth-order valence-electron chi connectivity index (χ4n) is 2.50. The molecule has 116 valence electrons. The first-order valence-corrected chi connectivity index (χ1v) is 8.31. The van der Waals surface area contributed by atoms with Crippen LogP contribution in [0.2, 0.25) is 0 Å². The lowest BCUT2D eigenvalue weighted by molar-refractivity contribution is 0.426. The Morgan fingerprint density at radius 1 is 0.917 bits per heavy atom. The highest BCUT2D eigenvalue weighted by atomic mass is 32.1. The van der Waals surface area contributed by atoms with Gasteiger partial charge >= 0.3 is 7.12 Å². The first-order chi connectivity index (χ1) is 11.7. The molecular formula is C18H13BN2O2S. The van der Waals surface area contributed by atoms with E-state index in [0.717, 1.165) is 31.8 Å². The van der Waals surface area contributed by atoms with E-state index in [4.69, 9.17) is 10.0 Å². The Morgan fingerprint density at radius 3 is 2.50 bits per heavy atom. The second-order valence-electron chi connectivity index (χ2n) is 5.41. The first kappa shape index (κ1) is 15.0. The van der Waals surface area contributed by atoms with E-state index in [1.807, 2.05) is 36.4 Å². The van der Waals surface area contributed by atoms with Crippen molar-refractivity contribution in [2.24, 2.45) is 4.99 Å². The normalized spacial score (nSPS) is 12.0. The molecule has 2 N–H and O–H groups in total. The van der Waals surface area contributed by atoms with Crippen LogP contribution in [-0.2, 0) is 0 Å². The van der Waals surface area contributed by atoms with E-state index in [0.29, 0.717) is 5.46 Å². The van der Waals surface area contributed by atoms with Crippen LogP contribution in [0.3, 0.4) is 0 Å². The predicted octanol–water partition coefficient (Wildman–Crippen LogP) is 2.31. The zero-order chi connectivity index (χ0) is 16.5. The third-order valence-electron chi connectivity index (χ3n) is 3.72. The van der Waals surface area contributed by atoms with Crippen molar-refractivity contribution in [1.29, 1.82) is 0 Å². The lowest BCUT2D eigenvalue weighted by atomic mass is 9.80. The monoisotopic (exact) mass is 332 g/mol. The molecule has 1 aliphatic carbocycles. The molecule has 1 aliphatic heterocycles. The summed E-state index contributed by atoms with van der Waals surface area (Å²) in [5, 5.41) is 19.1. The SMILES string of the molecule is OB(O)c1ccc(N=c2ccc3nc4ccccc4sc-3c2)cc1. The average Bonchev–Trinajstić information content (AvgIpc) is 2.60. The molecule has 4 rings (SSSR count). The van der Waals surface area contributed by atoms with Gasteiger partial charge in [-0.15, -0.1) is 11.3 Å². The van der Waals surface area contributed by atoms with Crippen molar-refractivity contribution in [2.75, 3.05) is 0 Å². The maximum Gasteiger partial charge on any atom is 0.488 e. The van der Waals surface area contributed by atoms with E-state index in [1.165, 1.54) is 0 Å². The van der Waals surface area contributed by atoms with Crippen LogP contribution in [0, 0.1) is 0 Å². The van der Waals surface area contributed by atoms with Gasteiger partial charge in [0.25, 0.3) is 0 Å². The molecule has 2 aromatic rings. The van der Waals surface area contributed by atoms with Crippen molar-refractivity contribution < 1.29 is 10.0 Å². The van der Waals surface area contributed by atoms with E-state index in [2.05, 4.69) is 16.0 Å². The van der Waals surface area contributed by atoms with Gasteiger partial charge in [-0.2, -0.15) is 0 Å². The Labute approximate surface area is 142 Å². The Balaban J connectivity index is 1.79. The largest absolute Gasteiger partial charge is 0.488 e. The third kappa shape index (κ3) is 2.95. The summed E-state index contributed by atoms with van der Waals surface area (Å²) in [7, 11) is -1.46. The summed E-state index contributed by atoms with van der Waals surface area (Å²) >= 11 is 1.69. The molecule has 2 aliphatic rings. The summed E-state index contributed by atoms with van der Waals surface area (Å²) in [5.41, 5.74) is 3.16. The molecule has 0 unspecified atom stereocenters. The number of aromatic nitrogens is 1. The Kier molecular flexibility index (Phi) is 3.86. The minimum absolute atomic E-state index is 0.449. The second kappa shape index (κ2) is 6.16. The maximum atomic E-state index is 9.13. The minimum Gasteiger partial charge on any atom is -0.423 e. The van der Waals surface area contributed by atoms with Gasteiger partial charge in [0.15, 0.2) is 0 Å². The van der Waals surface area contributed by atoms with Gasteiger partial charge in [0.2, 0.25) is 0 Å². The molecule has 24 heavy (non-hydrogen) atoms. The van der Waals surface area contributed by atoms with Crippen LogP contribution in [0.5, 0.6) is 0 Å². The zero-order valence-electron chi connectivity index (χ0n) is 12.6. The molecular weight excluding hydrogens is 319 g/mol. The van der Waals surface area contributed by atoms with Gasteiger partial charge in [-0.1, -0.05) is 24.3 Å². The van der Waals surface area contributed by atoms with Crippen molar-refractivity contribution in [3.8, 4) is 10.6 Å². The summed E-state index contributed by atoms with van der Waals surface area (Å²) in [6.45, 7) is 0. The van der Waals surface area contributed by atoms with Gasteiger partial charge in [0.05, 0.1) is 31.8 Å². The van der Waals surface area contributed by atoms with E-state index in [9.17, 15) is 0 Å². The van der Waals surface area contributed by atoms with Gasteiger partial charge in [0, 0.05) is 0 Å². The van der Waals surface area contributed by atoms with Gasteiger partial charge in [-0.25, -0.2) is 9.98 Å². The Hall–Kier alpha value is -2.54. The highest BCUT2D eigenvalue weighted by Gasteiger charge is 2.09. The second-order valence-corrected chi connectivity index (χ2v) is 6.49. The number of nitrogens with zero attached hydrogens (tertiary/aromatic N) is 2. The summed E-state index contributed by atoms with van der Waals surface area (Å²) < 4.78 is 1.14. The predicted molar refractivity (Wildman–Crippen MR) is 97.7 cm³/mol. The number of para-hydroxylation sites is 1. The van der Waals surface area contributed by atoms with Crippen LogP contribution in [0.1, 0.15) is 0 Å². The molecule has 0 bridgehead atoms. The topological polar surface area (TPSA) is 65.7 Å². The molecule has 0 fully saturated rings. The van der Waals surface area contributed by atoms with E-state index >= 15 is 0 Å². The smallest absolute Gasteiger partial charge is 0.423 e. The van der Waals surface area contributed by atoms with E-state index in [1.54, 1.807) is 35.6 Å². The fourth-order valence-corrected chi connectivity index (χ4v) is 3.50. The van der Waals surface area contributed by atoms with Crippen LogP contribution in [-0.4, -0.2) is 22.2 Å². The van der Waals surface area contributed by atoms with Crippen LogP contribution in [0.4, 0.5) is 5.69 Å². The molecule has 4 nitrogen and oxygen atoms in total. The van der Waals surface area contributed by atoms with Gasteiger partial charge in [0.1, 0.15) is 0 Å². The molecule has 6 heteroatoms. The van der Waals surface area contributed by atoms with Gasteiger partial charge < -0.3 is 10.0 Å². The van der Waals surface area contributed by atoms with Crippen molar-refractivity contribution in [3.05, 3.63) is 72.1 Å². The summed E-state index contributed by atoms with van der Waals surface area (Å²) in [5.74, 6) is 0. The van der Waals surface area contributed by atoms with E-state index < -0.39 is 7.12 Å². The summed E-state index contributed by atoms with van der Waals surface area (Å²) in [6, 6.07) is 20.9. The van der Waals surface area contributed by atoms with Crippen molar-refractivity contribution in [1.82, 2.24) is 4.98 Å². The highest BCUT2D eigenvalue weighted by Crippen LogP contribution is 2.29. The fraction of sp³-hybridized carbons (Fsp3) is 0. The maximum absolute atomic E-state index is 9.13. The molecule has 0 saturated carbocycles. The van der Waals surface area contributed by atoms with Crippen LogP contribution in [0.15, 0.2) is 71.7 Å². The van der Waals surface area contributed by atoms with Crippen molar-refractivity contribution >= 4 is 39.8 Å². The molecule has 0 amide bonds.